The number of ether oxygens (including phenoxy) is 1. The number of nitrogens with zero attached hydrogens (tertiary/aromatic N) is 4. The van der Waals surface area contributed by atoms with Gasteiger partial charge in [-0.25, -0.2) is 0 Å². The first kappa shape index (κ1) is 10.1. The van der Waals surface area contributed by atoms with Crippen molar-refractivity contribution < 1.29 is 4.74 Å². The number of aryl methyl sites for hydroxylation is 1. The maximum atomic E-state index is 5.44. The van der Waals surface area contributed by atoms with Gasteiger partial charge in [-0.15, -0.1) is 10.2 Å². The van der Waals surface area contributed by atoms with E-state index in [1.165, 1.54) is 4.80 Å². The van der Waals surface area contributed by atoms with Crippen molar-refractivity contribution >= 4 is 0 Å². The SMILES string of the molecule is CNCC(C)OCc1nnn(C)n1. The molecule has 0 saturated heterocycles. The van der Waals surface area contributed by atoms with Crippen LogP contribution in [0.3, 0.4) is 0 Å². The number of hydrogen-bond donors (Lipinski definition) is 1. The average molecular weight is 185 g/mol. The Kier molecular flexibility index (Phi) is 3.78. The highest BCUT2D eigenvalue weighted by molar-refractivity contribution is 4.72. The molecule has 0 spiro atoms. The molecular weight excluding hydrogens is 170 g/mol. The standard InChI is InChI=1S/C7H15N5O/c1-6(4-8-2)13-5-7-9-11-12(3)10-7/h6,8H,4-5H2,1-3H3. The van der Waals surface area contributed by atoms with E-state index in [4.69, 9.17) is 4.74 Å². The molecule has 1 heterocycles. The predicted molar refractivity (Wildman–Crippen MR) is 47.0 cm³/mol. The molecule has 0 aliphatic heterocycles. The molecule has 1 aromatic rings. The Balaban J connectivity index is 2.26. The normalized spacial score (nSPS) is 13.2. The van der Waals surface area contributed by atoms with Gasteiger partial charge in [0.1, 0.15) is 6.61 Å². The van der Waals surface area contributed by atoms with Gasteiger partial charge < -0.3 is 10.1 Å². The van der Waals surface area contributed by atoms with Crippen LogP contribution in [-0.2, 0) is 18.4 Å². The lowest BCUT2D eigenvalue weighted by Crippen LogP contribution is -2.23. The van der Waals surface area contributed by atoms with Gasteiger partial charge in [0.15, 0.2) is 5.82 Å². The Labute approximate surface area is 77.3 Å². The molecule has 0 saturated carbocycles. The molecule has 0 fully saturated rings. The molecule has 1 atom stereocenters. The number of likely N-dealkylation sites (N-methyl/N-ethyl adjacent to an activating group) is 1. The second kappa shape index (κ2) is 4.88. The predicted octanol–water partition coefficient (Wildman–Crippen LogP) is -0.665. The third-order valence-corrected chi connectivity index (χ3v) is 1.54. The van der Waals surface area contributed by atoms with Gasteiger partial charge in [0, 0.05) is 6.54 Å². The van der Waals surface area contributed by atoms with Crippen LogP contribution < -0.4 is 5.32 Å². The lowest BCUT2D eigenvalue weighted by Gasteiger charge is -2.09. The first-order chi connectivity index (χ1) is 6.22. The van der Waals surface area contributed by atoms with Crippen LogP contribution in [-0.4, -0.2) is 39.9 Å². The molecular formula is C7H15N5O. The fraction of sp³-hybridized carbons (Fsp3) is 0.857. The quantitative estimate of drug-likeness (QED) is 0.659. The van der Waals surface area contributed by atoms with Gasteiger partial charge in [0.25, 0.3) is 0 Å². The maximum absolute atomic E-state index is 5.44. The van der Waals surface area contributed by atoms with Crippen molar-refractivity contribution in [1.29, 1.82) is 0 Å². The fourth-order valence-electron chi connectivity index (χ4n) is 0.944. The summed E-state index contributed by atoms with van der Waals surface area (Å²) in [6.45, 7) is 3.23. The average Bonchev–Trinajstić information content (AvgIpc) is 2.49. The van der Waals surface area contributed by atoms with Gasteiger partial charge >= 0.3 is 0 Å². The number of nitrogens with one attached hydrogen (secondary N) is 1. The van der Waals surface area contributed by atoms with E-state index >= 15 is 0 Å². The highest BCUT2D eigenvalue weighted by Crippen LogP contribution is 1.94. The minimum atomic E-state index is 0.161. The first-order valence-electron chi connectivity index (χ1n) is 4.21. The monoisotopic (exact) mass is 185 g/mol. The summed E-state index contributed by atoms with van der Waals surface area (Å²) in [5.74, 6) is 0.616. The van der Waals surface area contributed by atoms with Crippen LogP contribution in [0.2, 0.25) is 0 Å². The van der Waals surface area contributed by atoms with E-state index < -0.39 is 0 Å². The van der Waals surface area contributed by atoms with E-state index in [-0.39, 0.29) is 6.10 Å². The molecule has 0 radical (unpaired) electrons. The lowest BCUT2D eigenvalue weighted by molar-refractivity contribution is 0.0502. The Morgan fingerprint density at radius 1 is 1.62 bits per heavy atom. The van der Waals surface area contributed by atoms with E-state index in [9.17, 15) is 0 Å². The molecule has 1 unspecified atom stereocenters. The summed E-state index contributed by atoms with van der Waals surface area (Å²) in [4.78, 5) is 1.42. The van der Waals surface area contributed by atoms with Crippen molar-refractivity contribution in [2.24, 2.45) is 7.05 Å². The highest BCUT2D eigenvalue weighted by atomic mass is 16.5. The summed E-state index contributed by atoms with van der Waals surface area (Å²) in [6.07, 6.45) is 0.161. The van der Waals surface area contributed by atoms with Crippen molar-refractivity contribution in [2.75, 3.05) is 13.6 Å². The van der Waals surface area contributed by atoms with Crippen LogP contribution >= 0.6 is 0 Å². The summed E-state index contributed by atoms with van der Waals surface area (Å²) in [5.41, 5.74) is 0. The van der Waals surface area contributed by atoms with E-state index in [1.807, 2.05) is 14.0 Å². The van der Waals surface area contributed by atoms with Crippen LogP contribution in [0.5, 0.6) is 0 Å². The molecule has 1 rings (SSSR count). The maximum Gasteiger partial charge on any atom is 0.200 e. The number of rotatable bonds is 5. The Hall–Kier alpha value is -1.01. The molecule has 1 aromatic heterocycles. The van der Waals surface area contributed by atoms with Crippen molar-refractivity contribution in [3.05, 3.63) is 5.82 Å². The summed E-state index contributed by atoms with van der Waals surface area (Å²) in [7, 11) is 3.62. The topological polar surface area (TPSA) is 64.9 Å². The highest BCUT2D eigenvalue weighted by Gasteiger charge is 2.04. The fourth-order valence-corrected chi connectivity index (χ4v) is 0.944. The molecule has 74 valence electrons. The first-order valence-corrected chi connectivity index (χ1v) is 4.21. The lowest BCUT2D eigenvalue weighted by atomic mass is 10.4. The smallest absolute Gasteiger partial charge is 0.200 e. The summed E-state index contributed by atoms with van der Waals surface area (Å²) < 4.78 is 5.44. The third-order valence-electron chi connectivity index (χ3n) is 1.54. The molecule has 13 heavy (non-hydrogen) atoms. The van der Waals surface area contributed by atoms with Gasteiger partial charge in [-0.2, -0.15) is 4.80 Å². The molecule has 6 heteroatoms. The Morgan fingerprint density at radius 2 is 2.38 bits per heavy atom. The molecule has 0 aliphatic rings. The largest absolute Gasteiger partial charge is 0.369 e. The van der Waals surface area contributed by atoms with Gasteiger partial charge in [0.2, 0.25) is 0 Å². The minimum Gasteiger partial charge on any atom is -0.369 e. The van der Waals surface area contributed by atoms with E-state index in [1.54, 1.807) is 7.05 Å². The van der Waals surface area contributed by atoms with E-state index in [0.29, 0.717) is 12.4 Å². The van der Waals surface area contributed by atoms with Crippen LogP contribution in [0.4, 0.5) is 0 Å². The zero-order valence-corrected chi connectivity index (χ0v) is 8.19. The van der Waals surface area contributed by atoms with Crippen molar-refractivity contribution in [3.8, 4) is 0 Å². The summed E-state index contributed by atoms with van der Waals surface area (Å²) >= 11 is 0. The second-order valence-electron chi connectivity index (χ2n) is 2.87. The molecule has 1 N–H and O–H groups in total. The molecule has 0 amide bonds. The molecule has 0 aliphatic carbocycles. The second-order valence-corrected chi connectivity index (χ2v) is 2.87. The third kappa shape index (κ3) is 3.47. The van der Waals surface area contributed by atoms with Gasteiger partial charge in [-0.1, -0.05) is 0 Å². The molecule has 0 aromatic carbocycles. The van der Waals surface area contributed by atoms with Crippen LogP contribution in [0.15, 0.2) is 0 Å². The number of aromatic nitrogens is 4. The molecule has 0 bridgehead atoms. The van der Waals surface area contributed by atoms with Gasteiger partial charge in [-0.3, -0.25) is 0 Å². The zero-order chi connectivity index (χ0) is 9.68. The van der Waals surface area contributed by atoms with Crippen LogP contribution in [0.1, 0.15) is 12.7 Å². The molecule has 6 nitrogen and oxygen atoms in total. The Morgan fingerprint density at radius 3 is 2.92 bits per heavy atom. The Bertz CT molecular complexity index is 249. The van der Waals surface area contributed by atoms with Crippen LogP contribution in [0.25, 0.3) is 0 Å². The van der Waals surface area contributed by atoms with Gasteiger partial charge in [-0.05, 0) is 19.2 Å². The van der Waals surface area contributed by atoms with Crippen molar-refractivity contribution in [3.63, 3.8) is 0 Å². The van der Waals surface area contributed by atoms with E-state index in [0.717, 1.165) is 6.54 Å². The number of tetrazole rings is 1. The van der Waals surface area contributed by atoms with Crippen molar-refractivity contribution in [1.82, 2.24) is 25.5 Å². The van der Waals surface area contributed by atoms with Gasteiger partial charge in [0.05, 0.1) is 13.2 Å². The van der Waals surface area contributed by atoms with Crippen molar-refractivity contribution in [2.45, 2.75) is 19.6 Å². The number of hydrogen-bond acceptors (Lipinski definition) is 5. The zero-order valence-electron chi connectivity index (χ0n) is 8.19. The minimum absolute atomic E-state index is 0.161. The summed E-state index contributed by atoms with van der Waals surface area (Å²) in [6, 6.07) is 0. The van der Waals surface area contributed by atoms with E-state index in [2.05, 4.69) is 20.7 Å². The van der Waals surface area contributed by atoms with Crippen LogP contribution in [0, 0.1) is 0 Å². The summed E-state index contributed by atoms with van der Waals surface area (Å²) in [5, 5.41) is 14.5.